The van der Waals surface area contributed by atoms with Gasteiger partial charge in [-0.1, -0.05) is 0 Å². The molecule has 2 aliphatic heterocycles. The molecule has 6 heteroatoms. The van der Waals surface area contributed by atoms with Crippen molar-refractivity contribution in [3.63, 3.8) is 0 Å². The number of carbonyl (C=O) groups excluding carboxylic acids is 1. The van der Waals surface area contributed by atoms with Crippen molar-refractivity contribution in [2.24, 2.45) is 0 Å². The number of fused-ring (bicyclic) bond motifs is 1. The van der Waals surface area contributed by atoms with E-state index in [0.717, 1.165) is 49.5 Å². The summed E-state index contributed by atoms with van der Waals surface area (Å²) >= 11 is 0. The van der Waals surface area contributed by atoms with Crippen molar-refractivity contribution in [1.82, 2.24) is 15.1 Å². The highest BCUT2D eigenvalue weighted by molar-refractivity contribution is 5.92. The van der Waals surface area contributed by atoms with E-state index < -0.39 is 0 Å². The Hall–Kier alpha value is -1.79. The molecule has 0 atom stereocenters. The molecule has 2 N–H and O–H groups in total. The maximum Gasteiger partial charge on any atom is 0.322 e. The first-order valence-electron chi connectivity index (χ1n) is 8.32. The molecular weight excluding hydrogens is 292 g/mol. The standard InChI is InChI=1S/C17H26N4O2/c1-20(2)9-10-23-15-3-4-16-13(11-15)12-21(17(22)19-16)14-5-7-18-8-6-14/h3-4,11,14,18H,5-10,12H2,1-2H3,(H,19,22). The molecule has 1 aromatic carbocycles. The predicted molar refractivity (Wildman–Crippen MR) is 90.9 cm³/mol. The predicted octanol–water partition coefficient (Wildman–Crippen LogP) is 1.73. The van der Waals surface area contributed by atoms with Gasteiger partial charge < -0.3 is 25.2 Å². The summed E-state index contributed by atoms with van der Waals surface area (Å²) in [5.74, 6) is 0.868. The molecule has 0 radical (unpaired) electrons. The molecular formula is C17H26N4O2. The fourth-order valence-corrected chi connectivity index (χ4v) is 3.11. The summed E-state index contributed by atoms with van der Waals surface area (Å²) in [5, 5.41) is 6.36. The lowest BCUT2D eigenvalue weighted by Crippen LogP contribution is -2.49. The van der Waals surface area contributed by atoms with Crippen LogP contribution in [-0.4, -0.2) is 62.2 Å². The van der Waals surface area contributed by atoms with Crippen LogP contribution in [0.5, 0.6) is 5.75 Å². The van der Waals surface area contributed by atoms with Crippen LogP contribution in [0.1, 0.15) is 18.4 Å². The number of benzene rings is 1. The number of urea groups is 1. The average molecular weight is 318 g/mol. The Morgan fingerprint density at radius 3 is 2.83 bits per heavy atom. The third-order valence-corrected chi connectivity index (χ3v) is 4.48. The van der Waals surface area contributed by atoms with Gasteiger partial charge in [-0.15, -0.1) is 0 Å². The number of hydrogen-bond donors (Lipinski definition) is 2. The van der Waals surface area contributed by atoms with Gasteiger partial charge in [0.05, 0.1) is 0 Å². The maximum atomic E-state index is 12.3. The van der Waals surface area contributed by atoms with Crippen LogP contribution in [0, 0.1) is 0 Å². The number of anilines is 1. The molecule has 1 aromatic rings. The fourth-order valence-electron chi connectivity index (χ4n) is 3.11. The summed E-state index contributed by atoms with van der Waals surface area (Å²) in [6, 6.07) is 6.26. The molecule has 0 bridgehead atoms. The molecule has 2 amide bonds. The van der Waals surface area contributed by atoms with Crippen LogP contribution >= 0.6 is 0 Å². The third kappa shape index (κ3) is 3.95. The van der Waals surface area contributed by atoms with E-state index in [1.807, 2.05) is 31.1 Å². The van der Waals surface area contributed by atoms with Crippen LogP contribution in [0.25, 0.3) is 0 Å². The first-order chi connectivity index (χ1) is 11.1. The van der Waals surface area contributed by atoms with Crippen molar-refractivity contribution in [3.8, 4) is 5.75 Å². The number of likely N-dealkylation sites (N-methyl/N-ethyl adjacent to an activating group) is 1. The van der Waals surface area contributed by atoms with Crippen molar-refractivity contribution < 1.29 is 9.53 Å². The van der Waals surface area contributed by atoms with Gasteiger partial charge in [-0.2, -0.15) is 0 Å². The van der Waals surface area contributed by atoms with E-state index in [0.29, 0.717) is 19.2 Å². The number of nitrogens with one attached hydrogen (secondary N) is 2. The Kier molecular flexibility index (Phi) is 5.03. The van der Waals surface area contributed by atoms with E-state index in [1.165, 1.54) is 0 Å². The minimum atomic E-state index is 0.0191. The van der Waals surface area contributed by atoms with Gasteiger partial charge in [-0.25, -0.2) is 4.79 Å². The van der Waals surface area contributed by atoms with Crippen molar-refractivity contribution in [3.05, 3.63) is 23.8 Å². The van der Waals surface area contributed by atoms with Gasteiger partial charge >= 0.3 is 6.03 Å². The van der Waals surface area contributed by atoms with Gasteiger partial charge in [0.1, 0.15) is 12.4 Å². The van der Waals surface area contributed by atoms with E-state index in [1.54, 1.807) is 0 Å². The molecule has 3 rings (SSSR count). The molecule has 126 valence electrons. The quantitative estimate of drug-likeness (QED) is 0.868. The second kappa shape index (κ2) is 7.19. The van der Waals surface area contributed by atoms with E-state index in [2.05, 4.69) is 21.6 Å². The van der Waals surface area contributed by atoms with Gasteiger partial charge in [0.15, 0.2) is 0 Å². The summed E-state index contributed by atoms with van der Waals surface area (Å²) in [5.41, 5.74) is 2.03. The summed E-state index contributed by atoms with van der Waals surface area (Å²) < 4.78 is 5.81. The molecule has 2 heterocycles. The topological polar surface area (TPSA) is 56.8 Å². The van der Waals surface area contributed by atoms with Crippen molar-refractivity contribution in [2.45, 2.75) is 25.4 Å². The molecule has 0 unspecified atom stereocenters. The maximum absolute atomic E-state index is 12.3. The van der Waals surface area contributed by atoms with Crippen LogP contribution in [0.2, 0.25) is 0 Å². The van der Waals surface area contributed by atoms with E-state index in [9.17, 15) is 4.79 Å². The number of piperidine rings is 1. The Morgan fingerprint density at radius 1 is 1.30 bits per heavy atom. The van der Waals surface area contributed by atoms with Crippen molar-refractivity contribution >= 4 is 11.7 Å². The van der Waals surface area contributed by atoms with E-state index in [4.69, 9.17) is 4.74 Å². The van der Waals surface area contributed by atoms with Crippen LogP contribution in [-0.2, 0) is 6.54 Å². The normalized spacial score (nSPS) is 18.7. The zero-order valence-corrected chi connectivity index (χ0v) is 14.0. The SMILES string of the molecule is CN(C)CCOc1ccc2c(c1)CN(C1CCNCC1)C(=O)N2. The van der Waals surface area contributed by atoms with Gasteiger partial charge in [0, 0.05) is 24.8 Å². The summed E-state index contributed by atoms with van der Waals surface area (Å²) in [6.45, 7) is 4.17. The number of ether oxygens (including phenoxy) is 1. The Balaban J connectivity index is 1.68. The summed E-state index contributed by atoms with van der Waals surface area (Å²) in [4.78, 5) is 16.4. The smallest absolute Gasteiger partial charge is 0.322 e. The van der Waals surface area contributed by atoms with Crippen molar-refractivity contribution in [2.75, 3.05) is 45.7 Å². The minimum Gasteiger partial charge on any atom is -0.492 e. The van der Waals surface area contributed by atoms with E-state index in [-0.39, 0.29) is 6.03 Å². The van der Waals surface area contributed by atoms with Crippen molar-refractivity contribution in [1.29, 1.82) is 0 Å². The minimum absolute atomic E-state index is 0.0191. The summed E-state index contributed by atoms with van der Waals surface area (Å²) in [7, 11) is 4.06. The molecule has 1 fully saturated rings. The number of rotatable bonds is 5. The number of hydrogen-bond acceptors (Lipinski definition) is 4. The lowest BCUT2D eigenvalue weighted by molar-refractivity contribution is 0.163. The molecule has 6 nitrogen and oxygen atoms in total. The van der Waals surface area contributed by atoms with Crippen LogP contribution in [0.4, 0.5) is 10.5 Å². The van der Waals surface area contributed by atoms with Gasteiger partial charge in [0.25, 0.3) is 0 Å². The van der Waals surface area contributed by atoms with Crippen LogP contribution in [0.15, 0.2) is 18.2 Å². The molecule has 0 aliphatic carbocycles. The van der Waals surface area contributed by atoms with Crippen LogP contribution in [0.3, 0.4) is 0 Å². The Labute approximate surface area is 137 Å². The average Bonchev–Trinajstić information content (AvgIpc) is 2.55. The molecule has 0 saturated carbocycles. The zero-order valence-electron chi connectivity index (χ0n) is 14.0. The lowest BCUT2D eigenvalue weighted by atomic mass is 10.0. The second-order valence-corrected chi connectivity index (χ2v) is 6.51. The highest BCUT2D eigenvalue weighted by Gasteiger charge is 2.29. The zero-order chi connectivity index (χ0) is 16.2. The largest absolute Gasteiger partial charge is 0.492 e. The Morgan fingerprint density at radius 2 is 2.09 bits per heavy atom. The van der Waals surface area contributed by atoms with Gasteiger partial charge in [0.2, 0.25) is 0 Å². The first-order valence-corrected chi connectivity index (χ1v) is 8.32. The van der Waals surface area contributed by atoms with E-state index >= 15 is 0 Å². The highest BCUT2D eigenvalue weighted by atomic mass is 16.5. The number of nitrogens with zero attached hydrogens (tertiary/aromatic N) is 2. The summed E-state index contributed by atoms with van der Waals surface area (Å²) in [6.07, 6.45) is 2.03. The number of carbonyl (C=O) groups is 1. The molecule has 0 aromatic heterocycles. The number of amides is 2. The molecule has 1 saturated heterocycles. The lowest BCUT2D eigenvalue weighted by Gasteiger charge is -2.38. The fraction of sp³-hybridized carbons (Fsp3) is 0.588. The van der Waals surface area contributed by atoms with Gasteiger partial charge in [-0.05, 0) is 63.8 Å². The third-order valence-electron chi connectivity index (χ3n) is 4.48. The van der Waals surface area contributed by atoms with Crippen LogP contribution < -0.4 is 15.4 Å². The Bertz CT molecular complexity index is 556. The monoisotopic (exact) mass is 318 g/mol. The highest BCUT2D eigenvalue weighted by Crippen LogP contribution is 2.29. The second-order valence-electron chi connectivity index (χ2n) is 6.51. The van der Waals surface area contributed by atoms with Gasteiger partial charge in [-0.3, -0.25) is 0 Å². The molecule has 2 aliphatic rings. The first kappa shape index (κ1) is 16.1. The molecule has 0 spiro atoms. The molecule has 23 heavy (non-hydrogen) atoms.